The van der Waals surface area contributed by atoms with Gasteiger partial charge in [0, 0.05) is 22.3 Å². The molecule has 3 rings (SSSR count). The summed E-state index contributed by atoms with van der Waals surface area (Å²) in [4.78, 5) is 0. The van der Waals surface area contributed by atoms with Crippen molar-refractivity contribution in [1.82, 2.24) is 0 Å². The number of rotatable bonds is 2. The number of hydrogen-bond acceptors (Lipinski definition) is 3. The molecule has 0 unspecified atom stereocenters. The topological polar surface area (TPSA) is 52.8 Å². The minimum absolute atomic E-state index is 0.183. The van der Waals surface area contributed by atoms with E-state index in [4.69, 9.17) is 23.2 Å². The van der Waals surface area contributed by atoms with Crippen LogP contribution in [0.25, 0.3) is 11.1 Å². The van der Waals surface area contributed by atoms with Gasteiger partial charge in [-0.3, -0.25) is 0 Å². The van der Waals surface area contributed by atoms with E-state index in [-0.39, 0.29) is 27.7 Å². The Morgan fingerprint density at radius 1 is 0.683 bits per heavy atom. The van der Waals surface area contributed by atoms with E-state index in [1.54, 1.807) is 37.8 Å². The zero-order chi connectivity index (χ0) is 32.2. The van der Waals surface area contributed by atoms with E-state index in [1.165, 1.54) is 0 Å². The fourth-order valence-corrected chi connectivity index (χ4v) is 5.37. The molecule has 0 amide bonds. The number of hydrogen-bond donors (Lipinski definition) is 2. The summed E-state index contributed by atoms with van der Waals surface area (Å²) in [6, 6.07) is 9.46. The van der Waals surface area contributed by atoms with Gasteiger partial charge >= 0.3 is 80.3 Å². The summed E-state index contributed by atoms with van der Waals surface area (Å²) in [6.07, 6.45) is 0. The standard InChI is InChI=1S/C24H34O2.C6H3Cl2N.C5H11.Mo/c1-13-11-17(23(5,6)7)21(25)19(15(13)3)20-16(4)14(2)12-18(22(20)26)24(8,9)10;7-4-2-1-3-5(8)6(4)9;1-5(2,3)4;/h11-12,25-26H,1-10H3;1-3H;1H2,2-4H3;/q;;-1;. The van der Waals surface area contributed by atoms with E-state index in [0.717, 1.165) is 44.5 Å². The van der Waals surface area contributed by atoms with Crippen LogP contribution in [0.2, 0.25) is 10.0 Å². The van der Waals surface area contributed by atoms with Crippen molar-refractivity contribution < 1.29 is 29.8 Å². The largest absolute Gasteiger partial charge is 0.338 e. The van der Waals surface area contributed by atoms with E-state index < -0.39 is 0 Å². The van der Waals surface area contributed by atoms with E-state index in [1.807, 2.05) is 13.8 Å². The normalized spacial score (nSPS) is 11.7. The molecule has 0 bridgehead atoms. The minimum atomic E-state index is -0.183. The van der Waals surface area contributed by atoms with Gasteiger partial charge in [-0.2, -0.15) is 5.41 Å². The maximum absolute atomic E-state index is 11.2. The number of halogens is 2. The van der Waals surface area contributed by atoms with Gasteiger partial charge in [0.25, 0.3) is 0 Å². The Morgan fingerprint density at radius 2 is 0.976 bits per heavy atom. The summed E-state index contributed by atoms with van der Waals surface area (Å²) in [5.74, 6) is 0.564. The van der Waals surface area contributed by atoms with Crippen LogP contribution in [-0.2, 0) is 30.5 Å². The van der Waals surface area contributed by atoms with Gasteiger partial charge in [-0.25, -0.2) is 0 Å². The minimum Gasteiger partial charge on any atom is -0.338 e. The van der Waals surface area contributed by atoms with Crippen molar-refractivity contribution in [3.63, 3.8) is 0 Å². The number of benzene rings is 3. The van der Waals surface area contributed by atoms with Gasteiger partial charge in [-0.05, 0) is 60.8 Å². The predicted octanol–water partition coefficient (Wildman–Crippen LogP) is 11.8. The van der Waals surface area contributed by atoms with Gasteiger partial charge in [-0.1, -0.05) is 74.4 Å². The van der Waals surface area contributed by atoms with Gasteiger partial charge < -0.3 is 17.1 Å². The van der Waals surface area contributed by atoms with Crippen LogP contribution in [0.3, 0.4) is 0 Å². The van der Waals surface area contributed by atoms with E-state index in [0.29, 0.717) is 15.7 Å². The number of phenolic OH excluding ortho intramolecular Hbond substituents is 2. The number of nitrogens with zero attached hydrogens (tertiary/aromatic N) is 1. The number of aryl methyl sites for hydroxylation is 2. The van der Waals surface area contributed by atoms with Crippen LogP contribution in [-0.4, -0.2) is 10.2 Å². The van der Waals surface area contributed by atoms with Crippen molar-refractivity contribution in [3.05, 3.63) is 80.7 Å². The first-order chi connectivity index (χ1) is 18.4. The summed E-state index contributed by atoms with van der Waals surface area (Å²) in [6.45, 7) is 30.8. The molecule has 0 radical (unpaired) electrons. The summed E-state index contributed by atoms with van der Waals surface area (Å²) in [7, 11) is 0. The first-order valence-corrected chi connectivity index (χ1v) is 15.4. The molecule has 0 atom stereocenters. The summed E-state index contributed by atoms with van der Waals surface area (Å²) in [5, 5.41) is 23.6. The zero-order valence-electron chi connectivity index (χ0n) is 27.1. The molecule has 0 aliphatic rings. The molecule has 226 valence electrons. The van der Waals surface area contributed by atoms with Gasteiger partial charge in [-0.15, -0.1) is 0 Å². The maximum Gasteiger partial charge on any atom is -0.0878 e. The number of aromatic hydroxyl groups is 2. The smallest absolute Gasteiger partial charge is 0.0878 e. The Kier molecular flexibility index (Phi) is 12.9. The monoisotopic (exact) mass is 682 g/mol. The molecular formula is C35H48Cl2MoNO2-. The van der Waals surface area contributed by atoms with Crippen molar-refractivity contribution in [2.75, 3.05) is 0 Å². The third-order valence-electron chi connectivity index (χ3n) is 6.53. The quantitative estimate of drug-likeness (QED) is 0.209. The molecule has 0 aliphatic heterocycles. The Balaban J connectivity index is 0.000000458. The zero-order valence-corrected chi connectivity index (χ0v) is 30.6. The second-order valence-corrected chi connectivity index (χ2v) is 15.2. The summed E-state index contributed by atoms with van der Waals surface area (Å²) in [5.41, 5.74) is 8.17. The Morgan fingerprint density at radius 3 is 1.20 bits per heavy atom. The van der Waals surface area contributed by atoms with Gasteiger partial charge in [0.15, 0.2) is 0 Å². The summed E-state index contributed by atoms with van der Waals surface area (Å²) >= 11 is 13.1. The molecule has 3 nitrogen and oxygen atoms in total. The van der Waals surface area contributed by atoms with Gasteiger partial charge in [0.2, 0.25) is 0 Å². The molecule has 0 aliphatic carbocycles. The maximum atomic E-state index is 11.2. The third kappa shape index (κ3) is 10.2. The van der Waals surface area contributed by atoms with Crippen molar-refractivity contribution in [3.8, 4) is 22.6 Å². The van der Waals surface area contributed by atoms with Gasteiger partial charge in [0.1, 0.15) is 11.5 Å². The molecule has 0 saturated carbocycles. The Hall–Kier alpha value is -1.67. The first kappa shape index (κ1) is 37.4. The van der Waals surface area contributed by atoms with Crippen molar-refractivity contribution >= 4 is 28.9 Å². The second-order valence-electron chi connectivity index (χ2n) is 13.9. The fourth-order valence-electron chi connectivity index (χ4n) is 4.14. The summed E-state index contributed by atoms with van der Waals surface area (Å²) < 4.78 is 3.92. The molecule has 0 spiro atoms. The molecule has 3 aromatic carbocycles. The molecule has 0 heterocycles. The molecule has 0 saturated heterocycles. The third-order valence-corrected chi connectivity index (χ3v) is 7.59. The SMILES string of the molecule is Cc1cc(C(C)(C)C)c(O)c(-c2c(C)c(C)cc(C(C)(C)C)c2O)c1C.Clc1cccc(Cl)c1[N]=[Mo].[CH2-]C(C)(C)C. The van der Waals surface area contributed by atoms with E-state index in [2.05, 4.69) is 98.7 Å². The number of phenols is 2. The van der Waals surface area contributed by atoms with Crippen LogP contribution in [0.4, 0.5) is 5.69 Å². The molecule has 6 heteroatoms. The molecule has 2 N–H and O–H groups in total. The predicted molar refractivity (Wildman–Crippen MR) is 175 cm³/mol. The molecule has 0 fully saturated rings. The van der Waals surface area contributed by atoms with Crippen molar-refractivity contribution in [1.29, 1.82) is 0 Å². The van der Waals surface area contributed by atoms with Crippen LogP contribution in [0.15, 0.2) is 33.8 Å². The fraction of sp³-hybridized carbons (Fsp3) is 0.457. The van der Waals surface area contributed by atoms with Crippen LogP contribution in [0.1, 0.15) is 95.7 Å². The molecule has 0 aromatic heterocycles. The van der Waals surface area contributed by atoms with Gasteiger partial charge in [0.05, 0.1) is 0 Å². The first-order valence-electron chi connectivity index (χ1n) is 13.7. The molecule has 41 heavy (non-hydrogen) atoms. The Bertz CT molecular complexity index is 1290. The Labute approximate surface area is 270 Å². The molecular weight excluding hydrogens is 633 g/mol. The van der Waals surface area contributed by atoms with Crippen LogP contribution < -0.4 is 0 Å². The van der Waals surface area contributed by atoms with E-state index >= 15 is 0 Å². The average molecular weight is 682 g/mol. The second kappa shape index (κ2) is 14.2. The molecule has 3 aromatic rings. The van der Waals surface area contributed by atoms with Crippen molar-refractivity contribution in [2.24, 2.45) is 8.91 Å². The van der Waals surface area contributed by atoms with Crippen molar-refractivity contribution in [2.45, 2.75) is 101 Å². The van der Waals surface area contributed by atoms with Crippen LogP contribution >= 0.6 is 23.2 Å². The van der Waals surface area contributed by atoms with Crippen LogP contribution in [0, 0.1) is 40.0 Å². The van der Waals surface area contributed by atoms with E-state index in [9.17, 15) is 10.2 Å². The van der Waals surface area contributed by atoms with Crippen LogP contribution in [0.5, 0.6) is 11.5 Å². The average Bonchev–Trinajstić information content (AvgIpc) is 2.79.